The van der Waals surface area contributed by atoms with E-state index >= 15 is 0 Å². The monoisotopic (exact) mass is 319 g/mol. The summed E-state index contributed by atoms with van der Waals surface area (Å²) in [4.78, 5) is 24.8. The smallest absolute Gasteiger partial charge is 0.256 e. The van der Waals surface area contributed by atoms with Crippen LogP contribution in [-0.4, -0.2) is 17.4 Å². The molecule has 0 fully saturated rings. The van der Waals surface area contributed by atoms with Crippen LogP contribution in [0.3, 0.4) is 0 Å². The van der Waals surface area contributed by atoms with Gasteiger partial charge in [0.15, 0.2) is 5.78 Å². The van der Waals surface area contributed by atoms with Crippen LogP contribution in [0.5, 0.6) is 0 Å². The van der Waals surface area contributed by atoms with Gasteiger partial charge in [-0.2, -0.15) is 0 Å². The third-order valence-corrected chi connectivity index (χ3v) is 4.45. The number of hydrogen-bond acceptors (Lipinski definition) is 3. The van der Waals surface area contributed by atoms with Gasteiger partial charge in [-0.1, -0.05) is 12.1 Å². The molecule has 0 radical (unpaired) electrons. The Kier molecular flexibility index (Phi) is 3.94. The normalized spacial score (nSPS) is 13.6. The zero-order chi connectivity index (χ0) is 15.7. The Morgan fingerprint density at radius 2 is 2.00 bits per heavy atom. The first-order valence-corrected chi connectivity index (χ1v) is 7.60. The number of fused-ring (bicyclic) bond motifs is 1. The van der Waals surface area contributed by atoms with Crippen molar-refractivity contribution in [1.82, 2.24) is 0 Å². The molecule has 2 aromatic carbocycles. The van der Waals surface area contributed by atoms with Crippen LogP contribution in [0.1, 0.15) is 27.1 Å². The van der Waals surface area contributed by atoms with E-state index in [4.69, 9.17) is 0 Å². The van der Waals surface area contributed by atoms with E-state index in [2.05, 4.69) is 5.32 Å². The summed E-state index contributed by atoms with van der Waals surface area (Å²) in [5, 5.41) is 2.41. The summed E-state index contributed by atoms with van der Waals surface area (Å²) in [5.41, 5.74) is 0.735. The highest BCUT2D eigenvalue weighted by Crippen LogP contribution is 2.33. The van der Waals surface area contributed by atoms with Gasteiger partial charge in [-0.3, -0.25) is 9.59 Å². The van der Waals surface area contributed by atoms with E-state index < -0.39 is 17.5 Å². The zero-order valence-corrected chi connectivity index (χ0v) is 12.2. The van der Waals surface area contributed by atoms with Crippen molar-refractivity contribution in [2.45, 2.75) is 11.3 Å². The van der Waals surface area contributed by atoms with Crippen LogP contribution in [0.4, 0.5) is 14.5 Å². The fourth-order valence-corrected chi connectivity index (χ4v) is 3.40. The molecule has 0 bridgehead atoms. The average Bonchev–Trinajstić information content (AvgIpc) is 2.50. The first-order chi connectivity index (χ1) is 10.6. The number of anilines is 1. The lowest BCUT2D eigenvalue weighted by molar-refractivity contribution is 0.0984. The molecule has 2 aromatic rings. The van der Waals surface area contributed by atoms with Crippen molar-refractivity contribution in [3.8, 4) is 0 Å². The van der Waals surface area contributed by atoms with E-state index in [-0.39, 0.29) is 11.5 Å². The van der Waals surface area contributed by atoms with E-state index in [1.165, 1.54) is 11.8 Å². The van der Waals surface area contributed by atoms with E-state index in [0.29, 0.717) is 34.3 Å². The molecule has 0 aromatic heterocycles. The fraction of sp³-hybridized carbons (Fsp3) is 0.125. The Hall–Kier alpha value is -2.21. The van der Waals surface area contributed by atoms with Crippen molar-refractivity contribution in [2.24, 2.45) is 0 Å². The topological polar surface area (TPSA) is 46.2 Å². The Labute approximate surface area is 129 Å². The minimum absolute atomic E-state index is 0.00337. The summed E-state index contributed by atoms with van der Waals surface area (Å²) in [7, 11) is 0. The first-order valence-electron chi connectivity index (χ1n) is 6.61. The molecule has 1 amide bonds. The molecule has 112 valence electrons. The maximum Gasteiger partial charge on any atom is 0.256 e. The number of rotatable bonds is 2. The van der Waals surface area contributed by atoms with Crippen molar-refractivity contribution < 1.29 is 18.4 Å². The minimum atomic E-state index is -0.845. The third-order valence-electron chi connectivity index (χ3n) is 3.31. The summed E-state index contributed by atoms with van der Waals surface area (Å²) in [5.74, 6) is -1.47. The molecule has 0 spiro atoms. The number of thioether (sulfide) groups is 1. The molecule has 0 saturated carbocycles. The summed E-state index contributed by atoms with van der Waals surface area (Å²) in [6, 6.07) is 7.82. The van der Waals surface area contributed by atoms with E-state index in [0.717, 1.165) is 12.1 Å². The third kappa shape index (κ3) is 2.74. The van der Waals surface area contributed by atoms with Crippen molar-refractivity contribution in [3.05, 3.63) is 59.2 Å². The van der Waals surface area contributed by atoms with E-state index in [1.807, 2.05) is 0 Å². The van der Waals surface area contributed by atoms with Crippen LogP contribution in [0, 0.1) is 11.6 Å². The zero-order valence-electron chi connectivity index (χ0n) is 11.4. The maximum absolute atomic E-state index is 13.6. The van der Waals surface area contributed by atoms with Crippen molar-refractivity contribution >= 4 is 29.1 Å². The lowest BCUT2D eigenvalue weighted by Crippen LogP contribution is -2.17. The highest BCUT2D eigenvalue weighted by molar-refractivity contribution is 7.99. The van der Waals surface area contributed by atoms with Gasteiger partial charge < -0.3 is 5.32 Å². The lowest BCUT2D eigenvalue weighted by Gasteiger charge is -2.17. The molecule has 3 rings (SSSR count). The van der Waals surface area contributed by atoms with Gasteiger partial charge in [0.2, 0.25) is 0 Å². The van der Waals surface area contributed by atoms with Gasteiger partial charge in [-0.05, 0) is 18.2 Å². The van der Waals surface area contributed by atoms with Gasteiger partial charge in [-0.25, -0.2) is 8.78 Å². The second kappa shape index (κ2) is 5.88. The first kappa shape index (κ1) is 14.7. The van der Waals surface area contributed by atoms with Gasteiger partial charge in [-0.15, -0.1) is 11.8 Å². The molecule has 1 heterocycles. The molecule has 0 atom stereocenters. The molecule has 3 nitrogen and oxygen atoms in total. The Morgan fingerprint density at radius 1 is 1.18 bits per heavy atom. The molecular weight excluding hydrogens is 308 g/mol. The summed E-state index contributed by atoms with van der Waals surface area (Å²) >= 11 is 1.43. The van der Waals surface area contributed by atoms with Crippen LogP contribution < -0.4 is 5.32 Å². The van der Waals surface area contributed by atoms with Crippen LogP contribution in [0.25, 0.3) is 0 Å². The molecular formula is C16H11F2NO2S. The highest BCUT2D eigenvalue weighted by Gasteiger charge is 2.23. The average molecular weight is 319 g/mol. The van der Waals surface area contributed by atoms with Crippen molar-refractivity contribution in [3.63, 3.8) is 0 Å². The van der Waals surface area contributed by atoms with Crippen LogP contribution in [0.2, 0.25) is 0 Å². The number of carbonyl (C=O) groups excluding carboxylic acids is 2. The van der Waals surface area contributed by atoms with Gasteiger partial charge in [0.05, 0.1) is 11.3 Å². The number of halogens is 2. The number of Topliss-reactive ketones (excluding diaryl/α,β-unsaturated/α-hetero) is 1. The number of amides is 1. The Bertz CT molecular complexity index is 777. The van der Waals surface area contributed by atoms with Gasteiger partial charge in [0.25, 0.3) is 5.91 Å². The molecule has 1 aliphatic heterocycles. The summed E-state index contributed by atoms with van der Waals surface area (Å²) < 4.78 is 26.5. The van der Waals surface area contributed by atoms with Crippen molar-refractivity contribution in [1.29, 1.82) is 0 Å². The Balaban J connectivity index is 1.93. The second-order valence-corrected chi connectivity index (χ2v) is 5.89. The molecule has 0 saturated heterocycles. The fourth-order valence-electron chi connectivity index (χ4n) is 2.25. The number of nitrogens with one attached hydrogen (secondary N) is 1. The number of carbonyl (C=O) groups is 2. The predicted molar refractivity (Wildman–Crippen MR) is 80.4 cm³/mol. The maximum atomic E-state index is 13.6. The highest BCUT2D eigenvalue weighted by atomic mass is 32.2. The van der Waals surface area contributed by atoms with Crippen LogP contribution in [-0.2, 0) is 0 Å². The van der Waals surface area contributed by atoms with E-state index in [1.54, 1.807) is 18.2 Å². The van der Waals surface area contributed by atoms with Crippen molar-refractivity contribution in [2.75, 3.05) is 11.1 Å². The number of benzene rings is 2. The summed E-state index contributed by atoms with van der Waals surface area (Å²) in [6.45, 7) is 0. The molecule has 0 unspecified atom stereocenters. The SMILES string of the molecule is O=C1CCSc2c1cccc2C(=O)Nc1ccc(F)cc1F. The lowest BCUT2D eigenvalue weighted by atomic mass is 10.0. The predicted octanol–water partition coefficient (Wildman–Crippen LogP) is 3.90. The van der Waals surface area contributed by atoms with E-state index in [9.17, 15) is 18.4 Å². The van der Waals surface area contributed by atoms with Crippen LogP contribution in [0.15, 0.2) is 41.3 Å². The summed E-state index contributed by atoms with van der Waals surface area (Å²) in [6.07, 6.45) is 0.440. The second-order valence-electron chi connectivity index (χ2n) is 4.78. The largest absolute Gasteiger partial charge is 0.319 e. The standard InChI is InChI=1S/C16H11F2NO2S/c17-9-4-5-13(12(18)8-9)19-16(21)11-3-1-2-10-14(20)6-7-22-15(10)11/h1-5,8H,6-7H2,(H,19,21). The number of ketones is 1. The van der Waals surface area contributed by atoms with Gasteiger partial charge in [0, 0.05) is 28.7 Å². The van der Waals surface area contributed by atoms with Gasteiger partial charge in [0.1, 0.15) is 11.6 Å². The molecule has 0 aliphatic carbocycles. The quantitative estimate of drug-likeness (QED) is 0.913. The minimum Gasteiger partial charge on any atom is -0.319 e. The molecule has 1 aliphatic rings. The molecule has 22 heavy (non-hydrogen) atoms. The number of hydrogen-bond donors (Lipinski definition) is 1. The molecule has 6 heteroatoms. The molecule has 1 N–H and O–H groups in total. The van der Waals surface area contributed by atoms with Gasteiger partial charge >= 0.3 is 0 Å². The Morgan fingerprint density at radius 3 is 2.77 bits per heavy atom. The van der Waals surface area contributed by atoms with Crippen LogP contribution >= 0.6 is 11.8 Å².